The van der Waals surface area contributed by atoms with Crippen LogP contribution in [0.25, 0.3) is 0 Å². The highest BCUT2D eigenvalue weighted by atomic mass is 16.2. The number of carbonyl (C=O) groups excluding carboxylic acids is 2. The molecule has 2 rings (SSSR count). The van der Waals surface area contributed by atoms with Crippen LogP contribution in [0.5, 0.6) is 0 Å². The first-order chi connectivity index (χ1) is 9.58. The monoisotopic (exact) mass is 276 g/mol. The molecule has 6 nitrogen and oxygen atoms in total. The van der Waals surface area contributed by atoms with Crippen molar-refractivity contribution in [1.29, 1.82) is 0 Å². The second-order valence-corrected chi connectivity index (χ2v) is 5.00. The van der Waals surface area contributed by atoms with Gasteiger partial charge in [-0.1, -0.05) is 6.07 Å². The van der Waals surface area contributed by atoms with Crippen LogP contribution in [-0.2, 0) is 16.1 Å². The van der Waals surface area contributed by atoms with E-state index in [1.807, 2.05) is 30.1 Å². The minimum Gasteiger partial charge on any atom is -0.349 e. The number of carbonyl (C=O) groups is 2. The molecule has 0 spiro atoms. The molecule has 1 aliphatic heterocycles. The highest BCUT2D eigenvalue weighted by molar-refractivity contribution is 5.83. The van der Waals surface area contributed by atoms with Gasteiger partial charge in [-0.2, -0.15) is 0 Å². The van der Waals surface area contributed by atoms with Gasteiger partial charge in [0.2, 0.25) is 11.8 Å². The lowest BCUT2D eigenvalue weighted by Gasteiger charge is -2.38. The number of aromatic nitrogens is 1. The Morgan fingerprint density at radius 1 is 1.40 bits per heavy atom. The van der Waals surface area contributed by atoms with Gasteiger partial charge in [-0.15, -0.1) is 0 Å². The van der Waals surface area contributed by atoms with Crippen molar-refractivity contribution in [3.8, 4) is 0 Å². The van der Waals surface area contributed by atoms with Crippen LogP contribution in [0, 0.1) is 0 Å². The summed E-state index contributed by atoms with van der Waals surface area (Å²) in [4.78, 5) is 31.5. The summed E-state index contributed by atoms with van der Waals surface area (Å²) in [6.07, 6.45) is 1.70. The van der Waals surface area contributed by atoms with Crippen LogP contribution in [0.2, 0.25) is 0 Å². The maximum Gasteiger partial charge on any atom is 0.239 e. The zero-order valence-electron chi connectivity index (χ0n) is 11.9. The SMILES string of the molecule is CC(=O)N1CCN(C)[C@@H](C(=O)NCc2ccccn2)C1. The first-order valence-corrected chi connectivity index (χ1v) is 6.71. The molecule has 2 amide bonds. The average molecular weight is 276 g/mol. The number of piperazine rings is 1. The summed E-state index contributed by atoms with van der Waals surface area (Å²) in [6.45, 7) is 3.77. The van der Waals surface area contributed by atoms with Crippen molar-refractivity contribution in [2.75, 3.05) is 26.7 Å². The lowest BCUT2D eigenvalue weighted by molar-refractivity contribution is -0.135. The standard InChI is InChI=1S/C14H20N4O2/c1-11(19)18-8-7-17(2)13(10-18)14(20)16-9-12-5-3-4-6-15-12/h3-6,13H,7-10H2,1-2H3,(H,16,20)/t13-/m1/s1. The van der Waals surface area contributed by atoms with E-state index in [0.717, 1.165) is 5.69 Å². The predicted octanol–water partition coefficient (Wildman–Crippen LogP) is -0.140. The lowest BCUT2D eigenvalue weighted by Crippen LogP contribution is -2.58. The van der Waals surface area contributed by atoms with Gasteiger partial charge in [-0.25, -0.2) is 0 Å². The molecule has 0 aromatic carbocycles. The Morgan fingerprint density at radius 2 is 2.20 bits per heavy atom. The zero-order valence-corrected chi connectivity index (χ0v) is 11.9. The van der Waals surface area contributed by atoms with E-state index in [1.54, 1.807) is 11.1 Å². The van der Waals surface area contributed by atoms with Crippen molar-refractivity contribution in [1.82, 2.24) is 20.1 Å². The highest BCUT2D eigenvalue weighted by Gasteiger charge is 2.30. The average Bonchev–Trinajstić information content (AvgIpc) is 2.46. The molecule has 20 heavy (non-hydrogen) atoms. The van der Waals surface area contributed by atoms with Crippen LogP contribution in [0.4, 0.5) is 0 Å². The van der Waals surface area contributed by atoms with Gasteiger partial charge in [-0.05, 0) is 19.2 Å². The number of hydrogen-bond acceptors (Lipinski definition) is 4. The smallest absolute Gasteiger partial charge is 0.239 e. The predicted molar refractivity (Wildman–Crippen MR) is 74.8 cm³/mol. The summed E-state index contributed by atoms with van der Waals surface area (Å²) >= 11 is 0. The van der Waals surface area contributed by atoms with Gasteiger partial charge in [-0.3, -0.25) is 19.5 Å². The van der Waals surface area contributed by atoms with Crippen molar-refractivity contribution >= 4 is 11.8 Å². The van der Waals surface area contributed by atoms with Gasteiger partial charge in [0, 0.05) is 32.8 Å². The van der Waals surface area contributed by atoms with Crippen molar-refractivity contribution < 1.29 is 9.59 Å². The molecule has 0 saturated carbocycles. The van der Waals surface area contributed by atoms with Crippen molar-refractivity contribution in [3.05, 3.63) is 30.1 Å². The Morgan fingerprint density at radius 3 is 2.85 bits per heavy atom. The largest absolute Gasteiger partial charge is 0.349 e. The van der Waals surface area contributed by atoms with Crippen LogP contribution < -0.4 is 5.32 Å². The molecule has 1 aromatic heterocycles. The van der Waals surface area contributed by atoms with Crippen molar-refractivity contribution in [3.63, 3.8) is 0 Å². The molecular formula is C14H20N4O2. The molecular weight excluding hydrogens is 256 g/mol. The van der Waals surface area contributed by atoms with Crippen LogP contribution in [0.15, 0.2) is 24.4 Å². The quantitative estimate of drug-likeness (QED) is 0.834. The molecule has 1 fully saturated rings. The number of nitrogens with zero attached hydrogens (tertiary/aromatic N) is 3. The summed E-state index contributed by atoms with van der Waals surface area (Å²) in [5.41, 5.74) is 0.822. The number of likely N-dealkylation sites (N-methyl/N-ethyl adjacent to an activating group) is 1. The third-order valence-corrected chi connectivity index (χ3v) is 3.57. The van der Waals surface area contributed by atoms with E-state index in [4.69, 9.17) is 0 Å². The van der Waals surface area contributed by atoms with E-state index < -0.39 is 0 Å². The Labute approximate surface area is 118 Å². The minimum atomic E-state index is -0.295. The summed E-state index contributed by atoms with van der Waals surface area (Å²) in [7, 11) is 1.91. The molecule has 6 heteroatoms. The van der Waals surface area contributed by atoms with E-state index >= 15 is 0 Å². The normalized spacial score (nSPS) is 19.7. The van der Waals surface area contributed by atoms with Crippen molar-refractivity contribution in [2.45, 2.75) is 19.5 Å². The van der Waals surface area contributed by atoms with Gasteiger partial charge in [0.05, 0.1) is 12.2 Å². The molecule has 0 radical (unpaired) electrons. The van der Waals surface area contributed by atoms with Crippen molar-refractivity contribution in [2.24, 2.45) is 0 Å². The fourth-order valence-electron chi connectivity index (χ4n) is 2.24. The van der Waals surface area contributed by atoms with Crippen LogP contribution in [-0.4, -0.2) is 59.3 Å². The first kappa shape index (κ1) is 14.5. The molecule has 0 unspecified atom stereocenters. The molecule has 1 aromatic rings. The maximum absolute atomic E-state index is 12.2. The van der Waals surface area contributed by atoms with Crippen LogP contribution in [0.3, 0.4) is 0 Å². The van der Waals surface area contributed by atoms with E-state index in [2.05, 4.69) is 10.3 Å². The Bertz CT molecular complexity index is 477. The fraction of sp³-hybridized carbons (Fsp3) is 0.500. The molecule has 2 heterocycles. The maximum atomic E-state index is 12.2. The minimum absolute atomic E-state index is 0.0145. The lowest BCUT2D eigenvalue weighted by atomic mass is 10.1. The second kappa shape index (κ2) is 6.47. The number of hydrogen-bond donors (Lipinski definition) is 1. The number of pyridine rings is 1. The topological polar surface area (TPSA) is 65.5 Å². The fourth-order valence-corrected chi connectivity index (χ4v) is 2.24. The molecule has 1 saturated heterocycles. The van der Waals surface area contributed by atoms with Crippen LogP contribution in [0.1, 0.15) is 12.6 Å². The highest BCUT2D eigenvalue weighted by Crippen LogP contribution is 2.08. The summed E-state index contributed by atoms with van der Waals surface area (Å²) in [5, 5.41) is 2.88. The van der Waals surface area contributed by atoms with Gasteiger partial charge < -0.3 is 10.2 Å². The molecule has 1 aliphatic rings. The van der Waals surface area contributed by atoms with Gasteiger partial charge in [0.15, 0.2) is 0 Å². The third kappa shape index (κ3) is 3.54. The Hall–Kier alpha value is -1.95. The molecule has 108 valence electrons. The number of rotatable bonds is 3. The van der Waals surface area contributed by atoms with E-state index in [1.165, 1.54) is 6.92 Å². The molecule has 0 bridgehead atoms. The van der Waals surface area contributed by atoms with Gasteiger partial charge >= 0.3 is 0 Å². The Balaban J connectivity index is 1.91. The zero-order chi connectivity index (χ0) is 14.5. The van der Waals surface area contributed by atoms with Gasteiger partial charge in [0.1, 0.15) is 6.04 Å². The molecule has 0 aliphatic carbocycles. The summed E-state index contributed by atoms with van der Waals surface area (Å²) < 4.78 is 0. The third-order valence-electron chi connectivity index (χ3n) is 3.57. The van der Waals surface area contributed by atoms with E-state index in [0.29, 0.717) is 26.2 Å². The van der Waals surface area contributed by atoms with Crippen LogP contribution >= 0.6 is 0 Å². The number of nitrogens with one attached hydrogen (secondary N) is 1. The summed E-state index contributed by atoms with van der Waals surface area (Å²) in [6, 6.07) is 5.30. The van der Waals surface area contributed by atoms with E-state index in [9.17, 15) is 9.59 Å². The Kier molecular flexibility index (Phi) is 4.68. The molecule has 1 atom stereocenters. The van der Waals surface area contributed by atoms with Gasteiger partial charge in [0.25, 0.3) is 0 Å². The molecule has 1 N–H and O–H groups in total. The number of amides is 2. The van der Waals surface area contributed by atoms with E-state index in [-0.39, 0.29) is 17.9 Å². The summed E-state index contributed by atoms with van der Waals surface area (Å²) in [5.74, 6) is -0.0512. The second-order valence-electron chi connectivity index (χ2n) is 5.00. The first-order valence-electron chi connectivity index (χ1n) is 6.71.